The van der Waals surface area contributed by atoms with Gasteiger partial charge in [0.2, 0.25) is 0 Å². The van der Waals surface area contributed by atoms with E-state index in [1.807, 2.05) is 6.07 Å². The van der Waals surface area contributed by atoms with Crippen molar-refractivity contribution in [1.29, 1.82) is 0 Å². The van der Waals surface area contributed by atoms with Gasteiger partial charge in [0.25, 0.3) is 0 Å². The molecule has 3 nitrogen and oxygen atoms in total. The van der Waals surface area contributed by atoms with Crippen molar-refractivity contribution in [3.8, 4) is 0 Å². The van der Waals surface area contributed by atoms with Gasteiger partial charge >= 0.3 is 0 Å². The zero-order valence-electron chi connectivity index (χ0n) is 12.7. The second-order valence-electron chi connectivity index (χ2n) is 6.75. The number of piperidine rings is 1. The Balaban J connectivity index is 1.50. The fourth-order valence-corrected chi connectivity index (χ4v) is 4.28. The normalized spacial score (nSPS) is 22.3. The van der Waals surface area contributed by atoms with E-state index in [0.29, 0.717) is 6.04 Å². The molecule has 21 heavy (non-hydrogen) atoms. The first-order chi connectivity index (χ1) is 10.3. The molecule has 1 saturated carbocycles. The summed E-state index contributed by atoms with van der Waals surface area (Å²) >= 11 is 0. The maximum atomic E-state index is 5.96. The van der Waals surface area contributed by atoms with Crippen LogP contribution in [0.5, 0.6) is 0 Å². The van der Waals surface area contributed by atoms with Gasteiger partial charge in [-0.15, -0.1) is 0 Å². The van der Waals surface area contributed by atoms with Gasteiger partial charge in [-0.3, -0.25) is 0 Å². The number of rotatable bonds is 2. The first-order valence-electron chi connectivity index (χ1n) is 8.41. The quantitative estimate of drug-likeness (QED) is 0.851. The van der Waals surface area contributed by atoms with Crippen LogP contribution >= 0.6 is 0 Å². The number of fused-ring (bicyclic) bond motifs is 1. The minimum atomic E-state index is 0.641. The molecular formula is C18H25N3. The van der Waals surface area contributed by atoms with Crippen LogP contribution in [0.2, 0.25) is 0 Å². The van der Waals surface area contributed by atoms with E-state index in [9.17, 15) is 0 Å². The summed E-state index contributed by atoms with van der Waals surface area (Å²) in [4.78, 5) is 2.74. The van der Waals surface area contributed by atoms with Gasteiger partial charge < -0.3 is 15.2 Å². The van der Waals surface area contributed by atoms with Gasteiger partial charge in [0.1, 0.15) is 0 Å². The molecule has 2 aromatic rings. The first kappa shape index (κ1) is 13.2. The summed E-state index contributed by atoms with van der Waals surface area (Å²) in [7, 11) is 0. The SMILES string of the molecule is Nc1ccc2ccn(C3CCN(C4CCCC4)CC3)c2c1. The molecule has 4 rings (SSSR count). The standard InChI is InChI=1S/C18H25N3/c19-15-6-5-14-7-12-21(18(14)13-15)17-8-10-20(11-9-17)16-3-1-2-4-16/h5-7,12-13,16-17H,1-4,8-11,19H2. The van der Waals surface area contributed by atoms with E-state index in [2.05, 4.69) is 33.9 Å². The zero-order chi connectivity index (χ0) is 14.2. The molecule has 1 saturated heterocycles. The zero-order valence-corrected chi connectivity index (χ0v) is 12.7. The third kappa shape index (κ3) is 2.44. The molecule has 1 aliphatic heterocycles. The van der Waals surface area contributed by atoms with E-state index in [4.69, 9.17) is 5.73 Å². The minimum absolute atomic E-state index is 0.641. The lowest BCUT2D eigenvalue weighted by molar-refractivity contribution is 0.138. The van der Waals surface area contributed by atoms with Crippen LogP contribution in [0.3, 0.4) is 0 Å². The number of benzene rings is 1. The van der Waals surface area contributed by atoms with Gasteiger partial charge in [-0.25, -0.2) is 0 Å². The van der Waals surface area contributed by atoms with Gasteiger partial charge in [0, 0.05) is 37.1 Å². The average molecular weight is 283 g/mol. The number of nitrogens with two attached hydrogens (primary N) is 1. The van der Waals surface area contributed by atoms with E-state index in [-0.39, 0.29) is 0 Å². The van der Waals surface area contributed by atoms with Crippen LogP contribution in [0.1, 0.15) is 44.6 Å². The molecule has 0 radical (unpaired) electrons. The van der Waals surface area contributed by atoms with Crippen LogP contribution in [0.25, 0.3) is 10.9 Å². The van der Waals surface area contributed by atoms with Crippen LogP contribution in [0.4, 0.5) is 5.69 Å². The number of likely N-dealkylation sites (tertiary alicyclic amines) is 1. The highest BCUT2D eigenvalue weighted by Gasteiger charge is 2.27. The maximum Gasteiger partial charge on any atom is 0.0503 e. The van der Waals surface area contributed by atoms with Crippen LogP contribution in [-0.4, -0.2) is 28.6 Å². The van der Waals surface area contributed by atoms with Crippen LogP contribution in [0, 0.1) is 0 Å². The Morgan fingerprint density at radius 3 is 2.43 bits per heavy atom. The molecule has 0 spiro atoms. The van der Waals surface area contributed by atoms with Crippen molar-refractivity contribution in [2.24, 2.45) is 0 Å². The van der Waals surface area contributed by atoms with Crippen molar-refractivity contribution < 1.29 is 0 Å². The molecule has 1 aliphatic carbocycles. The predicted molar refractivity (Wildman–Crippen MR) is 88.5 cm³/mol. The second-order valence-corrected chi connectivity index (χ2v) is 6.75. The van der Waals surface area contributed by atoms with E-state index >= 15 is 0 Å². The van der Waals surface area contributed by atoms with E-state index in [1.165, 1.54) is 62.5 Å². The molecule has 3 heteroatoms. The van der Waals surface area contributed by atoms with Gasteiger partial charge in [-0.2, -0.15) is 0 Å². The third-order valence-corrected chi connectivity index (χ3v) is 5.48. The van der Waals surface area contributed by atoms with Gasteiger partial charge in [0.05, 0.1) is 5.52 Å². The van der Waals surface area contributed by atoms with E-state index < -0.39 is 0 Å². The maximum absolute atomic E-state index is 5.96. The highest BCUT2D eigenvalue weighted by molar-refractivity contribution is 5.83. The highest BCUT2D eigenvalue weighted by atomic mass is 15.2. The lowest BCUT2D eigenvalue weighted by Crippen LogP contribution is -2.40. The molecular weight excluding hydrogens is 258 g/mol. The van der Waals surface area contributed by atoms with Crippen molar-refractivity contribution in [2.75, 3.05) is 18.8 Å². The first-order valence-corrected chi connectivity index (χ1v) is 8.41. The molecule has 0 atom stereocenters. The Labute approximate surface area is 126 Å². The smallest absolute Gasteiger partial charge is 0.0503 e. The van der Waals surface area contributed by atoms with Crippen LogP contribution < -0.4 is 5.73 Å². The largest absolute Gasteiger partial charge is 0.399 e. The Hall–Kier alpha value is -1.48. The number of anilines is 1. The molecule has 112 valence electrons. The van der Waals surface area contributed by atoms with Crippen molar-refractivity contribution in [3.05, 3.63) is 30.5 Å². The van der Waals surface area contributed by atoms with Gasteiger partial charge in [-0.1, -0.05) is 18.9 Å². The Kier molecular flexibility index (Phi) is 3.38. The summed E-state index contributed by atoms with van der Waals surface area (Å²) in [5.41, 5.74) is 8.13. The third-order valence-electron chi connectivity index (χ3n) is 5.48. The number of hydrogen-bond donors (Lipinski definition) is 1. The number of nitrogens with zero attached hydrogens (tertiary/aromatic N) is 2. The number of nitrogen functional groups attached to an aromatic ring is 1. The van der Waals surface area contributed by atoms with Crippen LogP contribution in [0.15, 0.2) is 30.5 Å². The van der Waals surface area contributed by atoms with Crippen molar-refractivity contribution in [1.82, 2.24) is 9.47 Å². The summed E-state index contributed by atoms with van der Waals surface area (Å²) in [6, 6.07) is 9.99. The Bertz CT molecular complexity index is 616. The van der Waals surface area contributed by atoms with Crippen LogP contribution in [-0.2, 0) is 0 Å². The summed E-state index contributed by atoms with van der Waals surface area (Å²) in [6.45, 7) is 2.52. The van der Waals surface area contributed by atoms with E-state index in [0.717, 1.165) is 11.7 Å². The van der Waals surface area contributed by atoms with Crippen molar-refractivity contribution in [3.63, 3.8) is 0 Å². The Morgan fingerprint density at radius 2 is 1.67 bits per heavy atom. The molecule has 2 heterocycles. The lowest BCUT2D eigenvalue weighted by atomic mass is 10.0. The molecule has 0 amide bonds. The number of hydrogen-bond acceptors (Lipinski definition) is 2. The highest BCUT2D eigenvalue weighted by Crippen LogP contribution is 2.32. The van der Waals surface area contributed by atoms with Crippen molar-refractivity contribution >= 4 is 16.6 Å². The van der Waals surface area contributed by atoms with Gasteiger partial charge in [0.15, 0.2) is 0 Å². The van der Waals surface area contributed by atoms with Crippen molar-refractivity contribution in [2.45, 2.75) is 50.6 Å². The molecule has 0 unspecified atom stereocenters. The predicted octanol–water partition coefficient (Wildman–Crippen LogP) is 3.80. The summed E-state index contributed by atoms with van der Waals surface area (Å²) in [5, 5.41) is 1.31. The summed E-state index contributed by atoms with van der Waals surface area (Å²) in [6.07, 6.45) is 10.5. The second kappa shape index (κ2) is 5.38. The fourth-order valence-electron chi connectivity index (χ4n) is 4.28. The van der Waals surface area contributed by atoms with E-state index in [1.54, 1.807) is 0 Å². The molecule has 0 bridgehead atoms. The topological polar surface area (TPSA) is 34.2 Å². The molecule has 2 aliphatic rings. The summed E-state index contributed by atoms with van der Waals surface area (Å²) < 4.78 is 2.46. The molecule has 2 N–H and O–H groups in total. The minimum Gasteiger partial charge on any atom is -0.399 e. The summed E-state index contributed by atoms with van der Waals surface area (Å²) in [5.74, 6) is 0. The fraction of sp³-hybridized carbons (Fsp3) is 0.556. The molecule has 1 aromatic heterocycles. The monoisotopic (exact) mass is 283 g/mol. The van der Waals surface area contributed by atoms with Gasteiger partial charge in [-0.05, 0) is 49.3 Å². The Morgan fingerprint density at radius 1 is 0.905 bits per heavy atom. The lowest BCUT2D eigenvalue weighted by Gasteiger charge is -2.36. The molecule has 1 aromatic carbocycles. The average Bonchev–Trinajstić information content (AvgIpc) is 3.16. The number of aromatic nitrogens is 1. The molecule has 2 fully saturated rings.